The van der Waals surface area contributed by atoms with Crippen molar-refractivity contribution in [2.75, 3.05) is 39.4 Å². The quantitative estimate of drug-likeness (QED) is 0.830. The summed E-state index contributed by atoms with van der Waals surface area (Å²) in [5, 5.41) is 3.82. The van der Waals surface area contributed by atoms with Gasteiger partial charge in [0.2, 0.25) is 0 Å². The van der Waals surface area contributed by atoms with E-state index >= 15 is 0 Å². The monoisotopic (exact) mass is 252 g/mol. The van der Waals surface area contributed by atoms with Crippen molar-refractivity contribution in [1.29, 1.82) is 0 Å². The topological polar surface area (TPSA) is 24.5 Å². The molecule has 2 aliphatic heterocycles. The van der Waals surface area contributed by atoms with Gasteiger partial charge in [0.25, 0.3) is 0 Å². The lowest BCUT2D eigenvalue weighted by Gasteiger charge is -2.36. The predicted molar refractivity (Wildman–Crippen MR) is 73.7 cm³/mol. The maximum absolute atomic E-state index is 5.47. The summed E-state index contributed by atoms with van der Waals surface area (Å²) in [6.45, 7) is 9.46. The molecule has 0 spiro atoms. The van der Waals surface area contributed by atoms with Gasteiger partial charge in [0.1, 0.15) is 0 Å². The molecule has 1 aliphatic carbocycles. The fourth-order valence-corrected chi connectivity index (χ4v) is 3.72. The lowest BCUT2D eigenvalue weighted by molar-refractivity contribution is 0.0495. The Hall–Kier alpha value is -0.120. The molecule has 0 aromatic heterocycles. The molecule has 104 valence electrons. The summed E-state index contributed by atoms with van der Waals surface area (Å²) in [5.74, 6) is 1.81. The Bertz CT molecular complexity index is 274. The molecule has 3 fully saturated rings. The zero-order chi connectivity index (χ0) is 12.4. The van der Waals surface area contributed by atoms with E-state index in [0.717, 1.165) is 25.0 Å². The van der Waals surface area contributed by atoms with Gasteiger partial charge in [-0.2, -0.15) is 0 Å². The van der Waals surface area contributed by atoms with Gasteiger partial charge in [-0.1, -0.05) is 0 Å². The van der Waals surface area contributed by atoms with Crippen molar-refractivity contribution in [3.63, 3.8) is 0 Å². The van der Waals surface area contributed by atoms with Crippen LogP contribution in [0.25, 0.3) is 0 Å². The Morgan fingerprint density at radius 3 is 2.72 bits per heavy atom. The average Bonchev–Trinajstić information content (AvgIpc) is 3.19. The number of rotatable bonds is 3. The Balaban J connectivity index is 1.56. The predicted octanol–water partition coefficient (Wildman–Crippen LogP) is 1.88. The van der Waals surface area contributed by atoms with Gasteiger partial charge in [0.05, 0.1) is 0 Å². The van der Waals surface area contributed by atoms with Crippen LogP contribution in [0, 0.1) is 11.8 Å². The van der Waals surface area contributed by atoms with Crippen LogP contribution in [0.3, 0.4) is 0 Å². The Morgan fingerprint density at radius 2 is 2.00 bits per heavy atom. The van der Waals surface area contributed by atoms with Crippen molar-refractivity contribution < 1.29 is 4.74 Å². The molecular formula is C15H28N2O. The van der Waals surface area contributed by atoms with Gasteiger partial charge >= 0.3 is 0 Å². The molecule has 0 amide bonds. The smallest absolute Gasteiger partial charge is 0.0469 e. The van der Waals surface area contributed by atoms with Crippen molar-refractivity contribution in [2.45, 2.75) is 44.6 Å². The lowest BCUT2D eigenvalue weighted by Crippen LogP contribution is -2.51. The third-order valence-corrected chi connectivity index (χ3v) is 5.07. The highest BCUT2D eigenvalue weighted by molar-refractivity contribution is 5.01. The van der Waals surface area contributed by atoms with Crippen LogP contribution >= 0.6 is 0 Å². The summed E-state index contributed by atoms with van der Waals surface area (Å²) >= 11 is 0. The number of nitrogens with zero attached hydrogens (tertiary/aromatic N) is 1. The summed E-state index contributed by atoms with van der Waals surface area (Å²) in [6, 6.07) is 0. The van der Waals surface area contributed by atoms with E-state index in [1.807, 2.05) is 0 Å². The SMILES string of the molecule is CC1(C2CC2)CN(CC2CCOCC2)CCCN1. The van der Waals surface area contributed by atoms with E-state index in [2.05, 4.69) is 17.1 Å². The molecule has 1 atom stereocenters. The van der Waals surface area contributed by atoms with E-state index in [4.69, 9.17) is 4.74 Å². The standard InChI is InChI=1S/C15H28N2O/c1-15(14-3-4-14)12-17(8-2-7-16-15)11-13-5-9-18-10-6-13/h13-14,16H,2-12H2,1H3. The molecule has 2 heterocycles. The van der Waals surface area contributed by atoms with Crippen LogP contribution in [0.15, 0.2) is 0 Å². The van der Waals surface area contributed by atoms with Crippen LogP contribution < -0.4 is 5.32 Å². The third kappa shape index (κ3) is 3.06. The van der Waals surface area contributed by atoms with Gasteiger partial charge in [-0.25, -0.2) is 0 Å². The maximum atomic E-state index is 5.47. The minimum Gasteiger partial charge on any atom is -0.381 e. The average molecular weight is 252 g/mol. The fourth-order valence-electron chi connectivity index (χ4n) is 3.72. The first-order valence-corrected chi connectivity index (χ1v) is 7.81. The fraction of sp³-hybridized carbons (Fsp3) is 1.00. The van der Waals surface area contributed by atoms with Crippen LogP contribution in [0.2, 0.25) is 0 Å². The summed E-state index contributed by atoms with van der Waals surface area (Å²) in [7, 11) is 0. The minimum absolute atomic E-state index is 0.391. The van der Waals surface area contributed by atoms with Gasteiger partial charge in [-0.05, 0) is 64.0 Å². The molecule has 2 saturated heterocycles. The maximum Gasteiger partial charge on any atom is 0.0469 e. The highest BCUT2D eigenvalue weighted by Crippen LogP contribution is 2.40. The largest absolute Gasteiger partial charge is 0.381 e. The summed E-state index contributed by atoms with van der Waals surface area (Å²) in [4.78, 5) is 2.73. The molecule has 0 aromatic rings. The molecule has 1 saturated carbocycles. The first-order chi connectivity index (χ1) is 8.76. The number of ether oxygens (including phenoxy) is 1. The Morgan fingerprint density at radius 1 is 1.22 bits per heavy atom. The van der Waals surface area contributed by atoms with E-state index in [1.54, 1.807) is 0 Å². The van der Waals surface area contributed by atoms with Crippen LogP contribution in [-0.4, -0.2) is 49.8 Å². The van der Waals surface area contributed by atoms with Crippen molar-refractivity contribution >= 4 is 0 Å². The first-order valence-electron chi connectivity index (χ1n) is 7.81. The van der Waals surface area contributed by atoms with Crippen LogP contribution in [-0.2, 0) is 4.74 Å². The van der Waals surface area contributed by atoms with Crippen LogP contribution in [0.5, 0.6) is 0 Å². The second-order valence-electron chi connectivity index (χ2n) is 6.76. The van der Waals surface area contributed by atoms with E-state index in [0.29, 0.717) is 5.54 Å². The van der Waals surface area contributed by atoms with E-state index < -0.39 is 0 Å². The molecule has 3 aliphatic rings. The van der Waals surface area contributed by atoms with Gasteiger partial charge in [-0.15, -0.1) is 0 Å². The van der Waals surface area contributed by atoms with E-state index in [-0.39, 0.29) is 0 Å². The summed E-state index contributed by atoms with van der Waals surface area (Å²) in [5.41, 5.74) is 0.391. The zero-order valence-corrected chi connectivity index (χ0v) is 11.8. The second-order valence-corrected chi connectivity index (χ2v) is 6.76. The normalized spacial score (nSPS) is 36.5. The Kier molecular flexibility index (Phi) is 3.92. The first kappa shape index (κ1) is 12.9. The van der Waals surface area contributed by atoms with Gasteiger partial charge in [0, 0.05) is 31.8 Å². The van der Waals surface area contributed by atoms with Crippen molar-refractivity contribution in [3.8, 4) is 0 Å². The van der Waals surface area contributed by atoms with Crippen LogP contribution in [0.4, 0.5) is 0 Å². The second kappa shape index (κ2) is 5.48. The molecule has 18 heavy (non-hydrogen) atoms. The molecule has 1 N–H and O–H groups in total. The highest BCUT2D eigenvalue weighted by Gasteiger charge is 2.43. The molecule has 3 rings (SSSR count). The summed E-state index contributed by atoms with van der Waals surface area (Å²) < 4.78 is 5.47. The number of nitrogens with one attached hydrogen (secondary N) is 1. The number of hydrogen-bond acceptors (Lipinski definition) is 3. The van der Waals surface area contributed by atoms with Crippen molar-refractivity contribution in [2.24, 2.45) is 11.8 Å². The summed E-state index contributed by atoms with van der Waals surface area (Å²) in [6.07, 6.45) is 6.73. The van der Waals surface area contributed by atoms with E-state index in [1.165, 1.54) is 58.3 Å². The van der Waals surface area contributed by atoms with Crippen LogP contribution in [0.1, 0.15) is 39.0 Å². The van der Waals surface area contributed by atoms with Gasteiger partial charge < -0.3 is 15.0 Å². The van der Waals surface area contributed by atoms with Crippen molar-refractivity contribution in [1.82, 2.24) is 10.2 Å². The van der Waals surface area contributed by atoms with Crippen molar-refractivity contribution in [3.05, 3.63) is 0 Å². The number of hydrogen-bond donors (Lipinski definition) is 1. The molecule has 3 heteroatoms. The molecule has 3 nitrogen and oxygen atoms in total. The molecule has 0 radical (unpaired) electrons. The molecule has 0 bridgehead atoms. The third-order valence-electron chi connectivity index (χ3n) is 5.07. The minimum atomic E-state index is 0.391. The molecule has 1 unspecified atom stereocenters. The van der Waals surface area contributed by atoms with E-state index in [9.17, 15) is 0 Å². The molecule has 0 aromatic carbocycles. The highest BCUT2D eigenvalue weighted by atomic mass is 16.5. The zero-order valence-electron chi connectivity index (χ0n) is 11.8. The van der Waals surface area contributed by atoms with Gasteiger partial charge in [0.15, 0.2) is 0 Å². The van der Waals surface area contributed by atoms with Gasteiger partial charge in [-0.3, -0.25) is 0 Å². The lowest BCUT2D eigenvalue weighted by atomic mass is 9.94. The molecular weight excluding hydrogens is 224 g/mol. The Labute approximate surface area is 111 Å².